The molecule has 0 aromatic heterocycles. The maximum atomic E-state index is 9.80. The van der Waals surface area contributed by atoms with Gasteiger partial charge in [0.2, 0.25) is 0 Å². The van der Waals surface area contributed by atoms with Gasteiger partial charge in [0.25, 0.3) is 0 Å². The van der Waals surface area contributed by atoms with E-state index in [2.05, 4.69) is 11.4 Å². The van der Waals surface area contributed by atoms with Crippen LogP contribution in [-0.4, -0.2) is 12.1 Å². The predicted octanol–water partition coefficient (Wildman–Crippen LogP) is 3.24. The fourth-order valence-corrected chi connectivity index (χ4v) is 4.70. The van der Waals surface area contributed by atoms with Crippen molar-refractivity contribution in [3.8, 4) is 6.07 Å². The summed E-state index contributed by atoms with van der Waals surface area (Å²) in [4.78, 5) is 0. The second-order valence-corrected chi connectivity index (χ2v) is 6.35. The van der Waals surface area contributed by atoms with Crippen LogP contribution in [0.3, 0.4) is 0 Å². The predicted molar refractivity (Wildman–Crippen MR) is 68.4 cm³/mol. The van der Waals surface area contributed by atoms with Crippen LogP contribution in [0.2, 0.25) is 0 Å². The number of rotatable bonds is 1. The van der Waals surface area contributed by atoms with E-state index in [9.17, 15) is 5.26 Å². The van der Waals surface area contributed by atoms with Gasteiger partial charge in [-0.2, -0.15) is 5.26 Å². The molecule has 0 spiro atoms. The molecule has 94 valence electrons. The minimum atomic E-state index is -0.147. The number of hydrogen-bond donors (Lipinski definition) is 1. The first-order valence-electron chi connectivity index (χ1n) is 7.53. The molecular weight excluding hydrogens is 208 g/mol. The zero-order valence-corrected chi connectivity index (χ0v) is 10.8. The third kappa shape index (κ3) is 1.80. The molecule has 0 aromatic rings. The maximum absolute atomic E-state index is 9.80. The monoisotopic (exact) mass is 232 g/mol. The molecule has 1 unspecified atom stereocenters. The van der Waals surface area contributed by atoms with E-state index in [-0.39, 0.29) is 5.54 Å². The lowest BCUT2D eigenvalue weighted by molar-refractivity contribution is 0.142. The molecule has 3 atom stereocenters. The van der Waals surface area contributed by atoms with Crippen LogP contribution in [0.5, 0.6) is 0 Å². The molecule has 1 aliphatic heterocycles. The van der Waals surface area contributed by atoms with Crippen molar-refractivity contribution in [1.29, 1.82) is 5.26 Å². The van der Waals surface area contributed by atoms with Gasteiger partial charge in [0, 0.05) is 0 Å². The normalized spacial score (nSPS) is 43.0. The van der Waals surface area contributed by atoms with Gasteiger partial charge >= 0.3 is 0 Å². The Labute approximate surface area is 105 Å². The Bertz CT molecular complexity index is 313. The number of hydrogen-bond acceptors (Lipinski definition) is 2. The Balaban J connectivity index is 1.83. The number of nitrogens with zero attached hydrogens (tertiary/aromatic N) is 1. The van der Waals surface area contributed by atoms with E-state index in [1.165, 1.54) is 57.8 Å². The SMILES string of the molecule is N#CC1(C2CCCCC2)NC[C@@H]2CCCC[C@@H]21. The van der Waals surface area contributed by atoms with Crippen LogP contribution in [0.4, 0.5) is 0 Å². The standard InChI is InChI=1S/C15H24N2/c16-11-15(13-7-2-1-3-8-13)14-9-5-4-6-12(14)10-17-15/h12-14,17H,1-10H2/t12-,14-,15?/m0/s1. The number of nitrogens with one attached hydrogen (secondary N) is 1. The van der Waals surface area contributed by atoms with Crippen LogP contribution >= 0.6 is 0 Å². The molecule has 0 amide bonds. The summed E-state index contributed by atoms with van der Waals surface area (Å²) in [5.41, 5.74) is -0.147. The first kappa shape index (κ1) is 11.5. The van der Waals surface area contributed by atoms with E-state index in [1.807, 2.05) is 0 Å². The highest BCUT2D eigenvalue weighted by molar-refractivity contribution is 5.20. The Morgan fingerprint density at radius 3 is 2.41 bits per heavy atom. The Morgan fingerprint density at radius 2 is 1.65 bits per heavy atom. The Kier molecular flexibility index (Phi) is 3.13. The summed E-state index contributed by atoms with van der Waals surface area (Å²) in [6.45, 7) is 1.11. The lowest BCUT2D eigenvalue weighted by Crippen LogP contribution is -2.51. The molecule has 2 saturated carbocycles. The van der Waals surface area contributed by atoms with Gasteiger partial charge in [-0.25, -0.2) is 0 Å². The molecule has 1 N–H and O–H groups in total. The first-order valence-corrected chi connectivity index (χ1v) is 7.53. The highest BCUT2D eigenvalue weighted by Crippen LogP contribution is 2.48. The third-order valence-corrected chi connectivity index (χ3v) is 5.58. The van der Waals surface area contributed by atoms with Gasteiger partial charge in [0.1, 0.15) is 5.54 Å². The topological polar surface area (TPSA) is 35.8 Å². The van der Waals surface area contributed by atoms with Gasteiger partial charge in [0.05, 0.1) is 6.07 Å². The van der Waals surface area contributed by atoms with Gasteiger partial charge < -0.3 is 0 Å². The second-order valence-electron chi connectivity index (χ2n) is 6.35. The smallest absolute Gasteiger partial charge is 0.112 e. The quantitative estimate of drug-likeness (QED) is 0.753. The van der Waals surface area contributed by atoms with Crippen LogP contribution in [-0.2, 0) is 0 Å². The molecule has 3 aliphatic rings. The molecule has 0 radical (unpaired) electrons. The van der Waals surface area contributed by atoms with Crippen molar-refractivity contribution in [3.05, 3.63) is 0 Å². The van der Waals surface area contributed by atoms with Crippen molar-refractivity contribution in [2.24, 2.45) is 17.8 Å². The summed E-state index contributed by atoms with van der Waals surface area (Å²) < 4.78 is 0. The molecule has 2 nitrogen and oxygen atoms in total. The summed E-state index contributed by atoms with van der Waals surface area (Å²) in [7, 11) is 0. The third-order valence-electron chi connectivity index (χ3n) is 5.58. The molecule has 1 heterocycles. The second kappa shape index (κ2) is 4.61. The molecule has 2 aliphatic carbocycles. The van der Waals surface area contributed by atoms with Crippen molar-refractivity contribution in [3.63, 3.8) is 0 Å². The lowest BCUT2D eigenvalue weighted by atomic mass is 9.64. The van der Waals surface area contributed by atoms with Crippen molar-refractivity contribution >= 4 is 0 Å². The van der Waals surface area contributed by atoms with Crippen LogP contribution in [0.15, 0.2) is 0 Å². The van der Waals surface area contributed by atoms with Gasteiger partial charge in [-0.15, -0.1) is 0 Å². The number of fused-ring (bicyclic) bond motifs is 1. The van der Waals surface area contributed by atoms with E-state index in [0.29, 0.717) is 11.8 Å². The summed E-state index contributed by atoms with van der Waals surface area (Å²) in [5, 5.41) is 13.5. The summed E-state index contributed by atoms with van der Waals surface area (Å²) >= 11 is 0. The van der Waals surface area contributed by atoms with E-state index in [1.54, 1.807) is 0 Å². The van der Waals surface area contributed by atoms with Crippen LogP contribution < -0.4 is 5.32 Å². The van der Waals surface area contributed by atoms with Crippen molar-refractivity contribution in [2.75, 3.05) is 6.54 Å². The highest BCUT2D eigenvalue weighted by atomic mass is 15.0. The highest BCUT2D eigenvalue weighted by Gasteiger charge is 2.53. The van der Waals surface area contributed by atoms with Crippen LogP contribution in [0, 0.1) is 29.1 Å². The van der Waals surface area contributed by atoms with Crippen LogP contribution in [0.1, 0.15) is 57.8 Å². The lowest BCUT2D eigenvalue weighted by Gasteiger charge is -2.41. The van der Waals surface area contributed by atoms with Crippen molar-refractivity contribution in [2.45, 2.75) is 63.3 Å². The van der Waals surface area contributed by atoms with Gasteiger partial charge in [-0.1, -0.05) is 32.1 Å². The van der Waals surface area contributed by atoms with Crippen molar-refractivity contribution in [1.82, 2.24) is 5.32 Å². The molecule has 3 fully saturated rings. The molecule has 0 aromatic carbocycles. The maximum Gasteiger partial charge on any atom is 0.112 e. The molecule has 1 saturated heterocycles. The zero-order valence-electron chi connectivity index (χ0n) is 10.8. The molecule has 0 bridgehead atoms. The van der Waals surface area contributed by atoms with Crippen molar-refractivity contribution < 1.29 is 0 Å². The average Bonchev–Trinajstić information content (AvgIpc) is 2.80. The summed E-state index contributed by atoms with van der Waals surface area (Å²) in [5.74, 6) is 2.09. The van der Waals surface area contributed by atoms with Gasteiger partial charge in [0.15, 0.2) is 0 Å². The zero-order chi connectivity index (χ0) is 11.7. The molecule has 3 rings (SSSR count). The first-order chi connectivity index (χ1) is 8.37. The minimum absolute atomic E-state index is 0.147. The van der Waals surface area contributed by atoms with Gasteiger partial charge in [-0.05, 0) is 50.0 Å². The summed E-state index contributed by atoms with van der Waals surface area (Å²) in [6.07, 6.45) is 12.0. The Morgan fingerprint density at radius 1 is 0.941 bits per heavy atom. The summed E-state index contributed by atoms with van der Waals surface area (Å²) in [6, 6.07) is 2.74. The van der Waals surface area contributed by atoms with E-state index in [4.69, 9.17) is 0 Å². The van der Waals surface area contributed by atoms with E-state index < -0.39 is 0 Å². The molecule has 2 heteroatoms. The van der Waals surface area contributed by atoms with Gasteiger partial charge in [-0.3, -0.25) is 5.32 Å². The van der Waals surface area contributed by atoms with E-state index in [0.717, 1.165) is 12.5 Å². The van der Waals surface area contributed by atoms with E-state index >= 15 is 0 Å². The number of nitriles is 1. The molecule has 17 heavy (non-hydrogen) atoms. The Hall–Kier alpha value is -0.550. The average molecular weight is 232 g/mol. The fraction of sp³-hybridized carbons (Fsp3) is 0.933. The fourth-order valence-electron chi connectivity index (χ4n) is 4.70. The van der Waals surface area contributed by atoms with Crippen LogP contribution in [0.25, 0.3) is 0 Å². The minimum Gasteiger partial charge on any atom is -0.299 e. The molecular formula is C15H24N2. The largest absolute Gasteiger partial charge is 0.299 e.